The van der Waals surface area contributed by atoms with Crippen molar-refractivity contribution in [2.24, 2.45) is 5.92 Å². The number of hydrogen-bond acceptors (Lipinski definition) is 5. The first-order chi connectivity index (χ1) is 16.0. The molecule has 5 rings (SSSR count). The minimum Gasteiger partial charge on any atom is -0.496 e. The van der Waals surface area contributed by atoms with E-state index in [1.807, 2.05) is 24.3 Å². The van der Waals surface area contributed by atoms with E-state index < -0.39 is 10.0 Å². The van der Waals surface area contributed by atoms with Crippen molar-refractivity contribution in [1.29, 1.82) is 0 Å². The number of nitrogens with one attached hydrogen (secondary N) is 2. The molecule has 33 heavy (non-hydrogen) atoms. The number of fused-ring (bicyclic) bond motifs is 3. The van der Waals surface area contributed by atoms with Crippen molar-refractivity contribution in [3.8, 4) is 11.5 Å². The summed E-state index contributed by atoms with van der Waals surface area (Å²) in [5, 5.41) is 3.65. The molecule has 3 aromatic rings. The number of ether oxygens (including phenoxy) is 2. The van der Waals surface area contributed by atoms with Crippen molar-refractivity contribution in [3.63, 3.8) is 0 Å². The molecule has 1 heterocycles. The third kappa shape index (κ3) is 3.82. The van der Waals surface area contributed by atoms with Gasteiger partial charge in [-0.05, 0) is 54.3 Å². The zero-order chi connectivity index (χ0) is 23.0. The fraction of sp³-hybridized carbons (Fsp3) is 0.231. The monoisotopic (exact) mass is 462 g/mol. The number of rotatable bonds is 6. The quantitative estimate of drug-likeness (QED) is 0.484. The minimum atomic E-state index is -3.79. The van der Waals surface area contributed by atoms with E-state index in [4.69, 9.17) is 9.47 Å². The van der Waals surface area contributed by atoms with Gasteiger partial charge in [-0.1, -0.05) is 42.5 Å². The van der Waals surface area contributed by atoms with E-state index in [0.29, 0.717) is 11.4 Å². The van der Waals surface area contributed by atoms with Crippen molar-refractivity contribution in [2.45, 2.75) is 23.3 Å². The van der Waals surface area contributed by atoms with Gasteiger partial charge >= 0.3 is 0 Å². The predicted octanol–water partition coefficient (Wildman–Crippen LogP) is 5.33. The van der Waals surface area contributed by atoms with E-state index >= 15 is 0 Å². The molecule has 1 aliphatic heterocycles. The lowest BCUT2D eigenvalue weighted by atomic mass is 9.77. The average Bonchev–Trinajstić information content (AvgIpc) is 3.34. The number of para-hydroxylation sites is 3. The second kappa shape index (κ2) is 8.48. The van der Waals surface area contributed by atoms with Crippen LogP contribution in [0.2, 0.25) is 0 Å². The number of hydrogen-bond donors (Lipinski definition) is 2. The topological polar surface area (TPSA) is 76.7 Å². The first kappa shape index (κ1) is 21.4. The highest BCUT2D eigenvalue weighted by molar-refractivity contribution is 7.92. The van der Waals surface area contributed by atoms with Gasteiger partial charge < -0.3 is 14.8 Å². The first-order valence-electron chi connectivity index (χ1n) is 10.9. The van der Waals surface area contributed by atoms with Crippen molar-refractivity contribution < 1.29 is 17.9 Å². The second-order valence-electron chi connectivity index (χ2n) is 8.27. The van der Waals surface area contributed by atoms with Gasteiger partial charge in [-0.25, -0.2) is 8.42 Å². The van der Waals surface area contributed by atoms with Crippen LogP contribution in [0.4, 0.5) is 11.4 Å². The number of anilines is 2. The Morgan fingerprint density at radius 3 is 2.42 bits per heavy atom. The normalized spacial score (nSPS) is 21.0. The summed E-state index contributed by atoms with van der Waals surface area (Å²) >= 11 is 0. The molecule has 0 spiro atoms. The van der Waals surface area contributed by atoms with Crippen molar-refractivity contribution in [3.05, 3.63) is 90.0 Å². The van der Waals surface area contributed by atoms with Gasteiger partial charge in [0, 0.05) is 17.2 Å². The molecule has 0 saturated carbocycles. The molecule has 0 radical (unpaired) electrons. The SMILES string of the molecule is COc1ccccc1NS(=O)(=O)c1ccc2c(c1)[C@H]1C=CC[C@H]1[C@@H](c1ccccc1OC)N2. The van der Waals surface area contributed by atoms with Crippen molar-refractivity contribution >= 4 is 21.4 Å². The Kier molecular flexibility index (Phi) is 5.50. The molecule has 0 amide bonds. The van der Waals surface area contributed by atoms with Crippen LogP contribution in [-0.2, 0) is 10.0 Å². The summed E-state index contributed by atoms with van der Waals surface area (Å²) in [5.41, 5.74) is 3.45. The average molecular weight is 463 g/mol. The van der Waals surface area contributed by atoms with Gasteiger partial charge in [-0.3, -0.25) is 4.72 Å². The molecule has 2 N–H and O–H groups in total. The summed E-state index contributed by atoms with van der Waals surface area (Å²) in [6.45, 7) is 0. The van der Waals surface area contributed by atoms with Crippen LogP contribution in [0.3, 0.4) is 0 Å². The minimum absolute atomic E-state index is 0.0720. The Morgan fingerprint density at radius 1 is 0.909 bits per heavy atom. The van der Waals surface area contributed by atoms with Crippen LogP contribution >= 0.6 is 0 Å². The summed E-state index contributed by atoms with van der Waals surface area (Å²) in [4.78, 5) is 0.226. The number of allylic oxidation sites excluding steroid dienone is 2. The third-order valence-corrected chi connectivity index (χ3v) is 7.83. The van der Waals surface area contributed by atoms with Gasteiger partial charge in [-0.2, -0.15) is 0 Å². The molecule has 170 valence electrons. The van der Waals surface area contributed by atoms with Crippen LogP contribution in [0.5, 0.6) is 11.5 Å². The van der Waals surface area contributed by atoms with Crippen LogP contribution < -0.4 is 19.5 Å². The van der Waals surface area contributed by atoms with Gasteiger partial charge in [0.05, 0.1) is 30.8 Å². The van der Waals surface area contributed by atoms with E-state index in [1.165, 1.54) is 7.11 Å². The molecule has 1 aliphatic carbocycles. The molecule has 0 aromatic heterocycles. The smallest absolute Gasteiger partial charge is 0.262 e. The van der Waals surface area contributed by atoms with Gasteiger partial charge in [-0.15, -0.1) is 0 Å². The Labute approximate surface area is 194 Å². The van der Waals surface area contributed by atoms with E-state index in [2.05, 4.69) is 28.3 Å². The van der Waals surface area contributed by atoms with Crippen molar-refractivity contribution in [2.75, 3.05) is 24.3 Å². The van der Waals surface area contributed by atoms with Gasteiger partial charge in [0.2, 0.25) is 0 Å². The van der Waals surface area contributed by atoms with E-state index in [1.54, 1.807) is 43.5 Å². The Bertz CT molecular complexity index is 1320. The molecule has 0 saturated heterocycles. The maximum atomic E-state index is 13.2. The molecule has 0 fully saturated rings. The molecule has 3 aromatic carbocycles. The maximum absolute atomic E-state index is 13.2. The van der Waals surface area contributed by atoms with Crippen LogP contribution in [0.15, 0.2) is 83.8 Å². The highest BCUT2D eigenvalue weighted by Crippen LogP contribution is 2.51. The largest absolute Gasteiger partial charge is 0.496 e. The lowest BCUT2D eigenvalue weighted by molar-refractivity contribution is 0.381. The summed E-state index contributed by atoms with van der Waals surface area (Å²) in [7, 11) is -0.584. The molecule has 2 aliphatic rings. The van der Waals surface area contributed by atoms with Gasteiger partial charge in [0.1, 0.15) is 11.5 Å². The van der Waals surface area contributed by atoms with E-state index in [-0.39, 0.29) is 22.8 Å². The number of sulfonamides is 1. The highest BCUT2D eigenvalue weighted by Gasteiger charge is 2.39. The Hall–Kier alpha value is -3.45. The number of methoxy groups -OCH3 is 2. The van der Waals surface area contributed by atoms with Crippen LogP contribution in [0.1, 0.15) is 29.5 Å². The standard InChI is InChI=1S/C26H26N2O4S/c1-31-24-12-5-3-8-20(24)26-19-10-7-9-18(19)21-16-17(14-15-22(21)27-26)33(29,30)28-23-11-4-6-13-25(23)32-2/h3-9,11-16,18-19,26-28H,10H2,1-2H3/t18-,19+,26-/m0/s1. The third-order valence-electron chi connectivity index (χ3n) is 6.47. The molecule has 0 unspecified atom stereocenters. The predicted molar refractivity (Wildman–Crippen MR) is 130 cm³/mol. The van der Waals surface area contributed by atoms with Crippen molar-refractivity contribution in [1.82, 2.24) is 0 Å². The zero-order valence-corrected chi connectivity index (χ0v) is 19.3. The lowest BCUT2D eigenvalue weighted by Crippen LogP contribution is -2.29. The highest BCUT2D eigenvalue weighted by atomic mass is 32.2. The summed E-state index contributed by atoms with van der Waals surface area (Å²) < 4.78 is 40.0. The van der Waals surface area contributed by atoms with Gasteiger partial charge in [0.25, 0.3) is 10.0 Å². The molecule has 0 bridgehead atoms. The Balaban J connectivity index is 1.51. The molecule has 7 heteroatoms. The lowest BCUT2D eigenvalue weighted by Gasteiger charge is -2.38. The zero-order valence-electron chi connectivity index (χ0n) is 18.5. The summed E-state index contributed by atoms with van der Waals surface area (Å²) in [6, 6.07) is 20.4. The molecule has 3 atom stereocenters. The first-order valence-corrected chi connectivity index (χ1v) is 12.4. The molecule has 6 nitrogen and oxygen atoms in total. The Morgan fingerprint density at radius 2 is 1.64 bits per heavy atom. The summed E-state index contributed by atoms with van der Waals surface area (Å²) in [5.74, 6) is 1.72. The fourth-order valence-electron chi connectivity index (χ4n) is 4.90. The van der Waals surface area contributed by atoms with Gasteiger partial charge in [0.15, 0.2) is 0 Å². The second-order valence-corrected chi connectivity index (χ2v) is 9.95. The summed E-state index contributed by atoms with van der Waals surface area (Å²) in [6.07, 6.45) is 5.29. The van der Waals surface area contributed by atoms with Crippen LogP contribution in [0, 0.1) is 5.92 Å². The van der Waals surface area contributed by atoms with Crippen LogP contribution in [0.25, 0.3) is 0 Å². The number of benzene rings is 3. The van der Waals surface area contributed by atoms with E-state index in [9.17, 15) is 8.42 Å². The molecular weight excluding hydrogens is 436 g/mol. The van der Waals surface area contributed by atoms with E-state index in [0.717, 1.165) is 29.0 Å². The van der Waals surface area contributed by atoms with Crippen LogP contribution in [-0.4, -0.2) is 22.6 Å². The molecular formula is C26H26N2O4S. The fourth-order valence-corrected chi connectivity index (χ4v) is 6.01. The maximum Gasteiger partial charge on any atom is 0.262 e.